The molecule has 6 nitrogen and oxygen atoms in total. The van der Waals surface area contributed by atoms with Gasteiger partial charge in [-0.3, -0.25) is 19.3 Å². The third-order valence-electron chi connectivity index (χ3n) is 4.79. The summed E-state index contributed by atoms with van der Waals surface area (Å²) in [6.45, 7) is 1.16. The van der Waals surface area contributed by atoms with E-state index in [2.05, 4.69) is 0 Å². The maximum absolute atomic E-state index is 12.8. The third-order valence-corrected chi connectivity index (χ3v) is 5.53. The largest absolute Gasteiger partial charge is 0.469 e. The number of hydrogen-bond donors (Lipinski definition) is 0. The van der Waals surface area contributed by atoms with Crippen LogP contribution in [0, 0.1) is 5.92 Å². The number of nitrogens with zero attached hydrogens (tertiary/aromatic N) is 2. The number of hydrogen-bond acceptors (Lipinski definition) is 5. The molecule has 2 fully saturated rings. The number of imide groups is 1. The van der Waals surface area contributed by atoms with Gasteiger partial charge in [0.05, 0.1) is 41.2 Å². The number of carbonyl (C=O) groups is 3. The first-order valence-corrected chi connectivity index (χ1v) is 8.81. The van der Waals surface area contributed by atoms with E-state index in [4.69, 9.17) is 27.9 Å². The van der Waals surface area contributed by atoms with Crippen molar-refractivity contribution in [1.29, 1.82) is 0 Å². The highest BCUT2D eigenvalue weighted by Crippen LogP contribution is 2.32. The Kier molecular flexibility index (Phi) is 5.32. The minimum Gasteiger partial charge on any atom is -0.469 e. The molecule has 0 N–H and O–H groups in total. The van der Waals surface area contributed by atoms with E-state index in [-0.39, 0.29) is 30.1 Å². The van der Waals surface area contributed by atoms with E-state index in [1.165, 1.54) is 18.1 Å². The Morgan fingerprint density at radius 1 is 1.16 bits per heavy atom. The number of halogens is 2. The normalized spacial score (nSPS) is 22.5. The zero-order chi connectivity index (χ0) is 18.1. The predicted molar refractivity (Wildman–Crippen MR) is 93.7 cm³/mol. The van der Waals surface area contributed by atoms with Crippen molar-refractivity contribution in [2.24, 2.45) is 5.92 Å². The van der Waals surface area contributed by atoms with Crippen molar-refractivity contribution in [3.63, 3.8) is 0 Å². The smallest absolute Gasteiger partial charge is 0.308 e. The Morgan fingerprint density at radius 3 is 2.44 bits per heavy atom. The lowest BCUT2D eigenvalue weighted by molar-refractivity contribution is -0.147. The van der Waals surface area contributed by atoms with E-state index in [0.29, 0.717) is 41.7 Å². The summed E-state index contributed by atoms with van der Waals surface area (Å²) < 4.78 is 4.77. The van der Waals surface area contributed by atoms with E-state index in [1.807, 2.05) is 4.90 Å². The number of methoxy groups -OCH3 is 1. The minimum absolute atomic E-state index is 0.127. The highest BCUT2D eigenvalue weighted by molar-refractivity contribution is 6.42. The Bertz CT molecular complexity index is 717. The number of piperidine rings is 1. The number of carbonyl (C=O) groups excluding carboxylic acids is 3. The second-order valence-electron chi connectivity index (χ2n) is 6.22. The average Bonchev–Trinajstić information content (AvgIpc) is 2.91. The average molecular weight is 385 g/mol. The SMILES string of the molecule is COC(=O)C1CCN([C@H]2CC(=O)N(c3ccc(Cl)c(Cl)c3)C2=O)CC1. The van der Waals surface area contributed by atoms with Gasteiger partial charge in [0.1, 0.15) is 0 Å². The summed E-state index contributed by atoms with van der Waals surface area (Å²) >= 11 is 11.9. The molecule has 1 atom stereocenters. The molecule has 2 heterocycles. The van der Waals surface area contributed by atoms with Gasteiger partial charge in [-0.15, -0.1) is 0 Å². The molecular formula is C17H18Cl2N2O4. The zero-order valence-corrected chi connectivity index (χ0v) is 15.2. The number of likely N-dealkylation sites (tertiary alicyclic amines) is 1. The fourth-order valence-electron chi connectivity index (χ4n) is 3.41. The van der Waals surface area contributed by atoms with Crippen LogP contribution < -0.4 is 4.90 Å². The van der Waals surface area contributed by atoms with Crippen LogP contribution in [-0.4, -0.2) is 48.9 Å². The van der Waals surface area contributed by atoms with Crippen molar-refractivity contribution in [1.82, 2.24) is 4.90 Å². The number of ether oxygens (including phenoxy) is 1. The Labute approximate surface area is 155 Å². The predicted octanol–water partition coefficient (Wildman–Crippen LogP) is 2.51. The molecule has 1 aromatic carbocycles. The van der Waals surface area contributed by atoms with Crippen LogP contribution in [0.3, 0.4) is 0 Å². The highest BCUT2D eigenvalue weighted by atomic mass is 35.5. The van der Waals surface area contributed by atoms with Crippen LogP contribution in [0.4, 0.5) is 5.69 Å². The minimum atomic E-state index is -0.499. The molecule has 2 saturated heterocycles. The number of rotatable bonds is 3. The van der Waals surface area contributed by atoms with Crippen molar-refractivity contribution in [2.75, 3.05) is 25.1 Å². The van der Waals surface area contributed by atoms with Gasteiger partial charge in [-0.25, -0.2) is 4.90 Å². The molecule has 2 aliphatic rings. The van der Waals surface area contributed by atoms with Crippen molar-refractivity contribution in [2.45, 2.75) is 25.3 Å². The first kappa shape index (κ1) is 18.2. The molecule has 0 spiro atoms. The quantitative estimate of drug-likeness (QED) is 0.591. The van der Waals surface area contributed by atoms with E-state index in [0.717, 1.165) is 0 Å². The Morgan fingerprint density at radius 2 is 1.84 bits per heavy atom. The molecule has 1 aromatic rings. The molecule has 2 amide bonds. The second kappa shape index (κ2) is 7.32. The summed E-state index contributed by atoms with van der Waals surface area (Å²) in [6.07, 6.45) is 1.37. The van der Waals surface area contributed by atoms with E-state index in [1.54, 1.807) is 12.1 Å². The van der Waals surface area contributed by atoms with Gasteiger partial charge in [0, 0.05) is 0 Å². The van der Waals surface area contributed by atoms with Gasteiger partial charge in [0.15, 0.2) is 0 Å². The fraction of sp³-hybridized carbons (Fsp3) is 0.471. The highest BCUT2D eigenvalue weighted by Gasteiger charge is 2.44. The Hall–Kier alpha value is -1.63. The van der Waals surface area contributed by atoms with Gasteiger partial charge in [-0.05, 0) is 44.1 Å². The van der Waals surface area contributed by atoms with Crippen LogP contribution in [0.2, 0.25) is 10.0 Å². The molecule has 134 valence electrons. The maximum Gasteiger partial charge on any atom is 0.308 e. The lowest BCUT2D eigenvalue weighted by atomic mass is 9.95. The van der Waals surface area contributed by atoms with Gasteiger partial charge >= 0.3 is 5.97 Å². The van der Waals surface area contributed by atoms with Crippen LogP contribution >= 0.6 is 23.2 Å². The molecule has 0 aromatic heterocycles. The maximum atomic E-state index is 12.8. The molecule has 0 radical (unpaired) electrons. The van der Waals surface area contributed by atoms with Crippen LogP contribution in [0.5, 0.6) is 0 Å². The molecule has 0 aliphatic carbocycles. The summed E-state index contributed by atoms with van der Waals surface area (Å²) in [6, 6.07) is 4.19. The summed E-state index contributed by atoms with van der Waals surface area (Å²) in [7, 11) is 1.38. The summed E-state index contributed by atoms with van der Waals surface area (Å²) in [5, 5.41) is 0.660. The second-order valence-corrected chi connectivity index (χ2v) is 7.03. The van der Waals surface area contributed by atoms with Gasteiger partial charge < -0.3 is 4.74 Å². The molecule has 0 bridgehead atoms. The van der Waals surface area contributed by atoms with Crippen molar-refractivity contribution in [3.05, 3.63) is 28.2 Å². The van der Waals surface area contributed by atoms with Crippen LogP contribution in [0.1, 0.15) is 19.3 Å². The lowest BCUT2D eigenvalue weighted by Gasteiger charge is -2.33. The van der Waals surface area contributed by atoms with E-state index < -0.39 is 6.04 Å². The van der Waals surface area contributed by atoms with Crippen molar-refractivity contribution >= 4 is 46.7 Å². The van der Waals surface area contributed by atoms with Gasteiger partial charge in [0.2, 0.25) is 5.91 Å². The Balaban J connectivity index is 1.71. The standard InChI is InChI=1S/C17H18Cl2N2O4/c1-25-17(24)10-4-6-20(7-5-10)14-9-15(22)21(16(14)23)11-2-3-12(18)13(19)8-11/h2-3,8,10,14H,4-7,9H2,1H3/t14-/m0/s1. The molecule has 0 saturated carbocycles. The summed E-state index contributed by atoms with van der Waals surface area (Å²) in [5.74, 6) is -0.881. The third kappa shape index (κ3) is 3.52. The topological polar surface area (TPSA) is 66.9 Å². The summed E-state index contributed by atoms with van der Waals surface area (Å²) in [5.41, 5.74) is 0.427. The van der Waals surface area contributed by atoms with Gasteiger partial charge in [-0.2, -0.15) is 0 Å². The zero-order valence-electron chi connectivity index (χ0n) is 13.7. The van der Waals surface area contributed by atoms with Gasteiger partial charge in [0.25, 0.3) is 5.91 Å². The number of benzene rings is 1. The molecule has 2 aliphatic heterocycles. The van der Waals surface area contributed by atoms with Gasteiger partial charge in [-0.1, -0.05) is 23.2 Å². The molecule has 0 unspecified atom stereocenters. The van der Waals surface area contributed by atoms with Crippen LogP contribution in [0.25, 0.3) is 0 Å². The van der Waals surface area contributed by atoms with Crippen LogP contribution in [-0.2, 0) is 19.1 Å². The van der Waals surface area contributed by atoms with Crippen LogP contribution in [0.15, 0.2) is 18.2 Å². The monoisotopic (exact) mass is 384 g/mol. The molecule has 8 heteroatoms. The fourth-order valence-corrected chi connectivity index (χ4v) is 3.70. The van der Waals surface area contributed by atoms with E-state index in [9.17, 15) is 14.4 Å². The lowest BCUT2D eigenvalue weighted by Crippen LogP contribution is -2.46. The first-order valence-electron chi connectivity index (χ1n) is 8.06. The van der Waals surface area contributed by atoms with E-state index >= 15 is 0 Å². The number of esters is 1. The van der Waals surface area contributed by atoms with Crippen molar-refractivity contribution in [3.8, 4) is 0 Å². The summed E-state index contributed by atoms with van der Waals surface area (Å²) in [4.78, 5) is 39.9. The number of amides is 2. The van der Waals surface area contributed by atoms with Crippen molar-refractivity contribution < 1.29 is 19.1 Å². The number of anilines is 1. The molecule has 3 rings (SSSR count). The first-order chi connectivity index (χ1) is 11.9. The molecular weight excluding hydrogens is 367 g/mol. The molecule has 25 heavy (non-hydrogen) atoms.